The number of unbranched alkanes of at least 4 members (excludes halogenated alkanes) is 1. The highest BCUT2D eigenvalue weighted by atomic mass is 17.1. The zero-order valence-electron chi connectivity index (χ0n) is 47.5. The molecule has 0 amide bonds. The number of aromatic nitrogens is 8. The number of carbonyl (C=O) groups is 4. The predicted octanol–water partition coefficient (Wildman–Crippen LogP) is 5.18. The minimum Gasteiger partial charge on any atom is -0.662 e. The van der Waals surface area contributed by atoms with Gasteiger partial charge in [0.25, 0.3) is 32.2 Å². The van der Waals surface area contributed by atoms with Crippen LogP contribution in [0.3, 0.4) is 0 Å². The zero-order valence-corrected chi connectivity index (χ0v) is 47.5. The van der Waals surface area contributed by atoms with Gasteiger partial charge in [0.2, 0.25) is 19.0 Å². The van der Waals surface area contributed by atoms with Gasteiger partial charge in [-0.2, -0.15) is 0 Å². The number of imidazole rings is 4. The normalized spacial score (nSPS) is 12.6. The lowest BCUT2D eigenvalue weighted by Crippen LogP contribution is -2.38. The Bertz CT molecular complexity index is 2330. The predicted molar refractivity (Wildman–Crippen MR) is 279 cm³/mol. The van der Waals surface area contributed by atoms with Crippen molar-refractivity contribution in [3.05, 3.63) is 133 Å². The molecule has 0 N–H and O–H groups in total. The van der Waals surface area contributed by atoms with Gasteiger partial charge in [0, 0.05) is 0 Å². The fourth-order valence-corrected chi connectivity index (χ4v) is 9.32. The second-order valence-corrected chi connectivity index (χ2v) is 19.6. The largest absolute Gasteiger partial charge is 0.662 e. The molecule has 4 aromatic heterocycles. The maximum absolute atomic E-state index is 8.64. The average Bonchev–Trinajstić information content (AvgIpc) is 4.28. The van der Waals surface area contributed by atoms with E-state index >= 15 is 0 Å². The Morgan fingerprint density at radius 3 is 1.51 bits per heavy atom. The minimum atomic E-state index is -0.181. The summed E-state index contributed by atoms with van der Waals surface area (Å²) >= 11 is 0. The van der Waals surface area contributed by atoms with Crippen molar-refractivity contribution in [2.75, 3.05) is 0 Å². The molecule has 2 fully saturated rings. The van der Waals surface area contributed by atoms with Crippen LogP contribution in [0.2, 0.25) is 0 Å². The van der Waals surface area contributed by atoms with Crippen LogP contribution in [0.5, 0.6) is 0 Å². The highest BCUT2D eigenvalue weighted by Crippen LogP contribution is 2.29. The van der Waals surface area contributed by atoms with E-state index in [0.717, 1.165) is 18.6 Å². The average molecular weight is 1080 g/mol. The fraction of sp³-hybridized carbons (Fsp3) is 0.509. The molecule has 8 rings (SSSR count). The van der Waals surface area contributed by atoms with Crippen molar-refractivity contribution in [2.24, 2.45) is 7.05 Å². The Balaban J connectivity index is 0.000000485. The Kier molecular flexibility index (Phi) is 34.8. The Morgan fingerprint density at radius 2 is 1.09 bits per heavy atom. The van der Waals surface area contributed by atoms with E-state index in [1.807, 2.05) is 7.05 Å². The van der Waals surface area contributed by atoms with Gasteiger partial charge in [-0.1, -0.05) is 61.6 Å². The SMILES string of the molecule is CC(C)n1cc[n+](C(C)C)c1.CCCCn1cc[n+](C)c1.Cc1cc(C)c(-n2cc[n+](-c3c(C)cc(C)cc3C)c2)c(C)c1.O=CO[O-].O=CO[O-].O=CO[O-].O=CO[O-].c1c[n+](C2CCCCC2)cn1C1CCCCC1. The third-order valence-corrected chi connectivity index (χ3v) is 12.7. The first-order valence-corrected chi connectivity index (χ1v) is 26.2. The first-order chi connectivity index (χ1) is 36.9. The van der Waals surface area contributed by atoms with Gasteiger partial charge in [0.1, 0.15) is 73.0 Å². The summed E-state index contributed by atoms with van der Waals surface area (Å²) < 4.78 is 18.1. The number of nitrogens with zero attached hydrogens (tertiary/aromatic N) is 8. The third-order valence-electron chi connectivity index (χ3n) is 12.7. The number of carbonyl (C=O) groups excluding carboxylic acids is 4. The molecule has 0 bridgehead atoms. The molecule has 4 heterocycles. The number of hydrogen-bond acceptors (Lipinski definition) is 12. The summed E-state index contributed by atoms with van der Waals surface area (Å²) in [6.45, 7) is 24.4. The van der Waals surface area contributed by atoms with Crippen LogP contribution in [0.1, 0.15) is 169 Å². The van der Waals surface area contributed by atoms with Crippen molar-refractivity contribution in [3.63, 3.8) is 0 Å². The zero-order chi connectivity index (χ0) is 57.7. The summed E-state index contributed by atoms with van der Waals surface area (Å²) in [5.74, 6) is 0. The molecule has 2 saturated carbocycles. The van der Waals surface area contributed by atoms with Crippen molar-refractivity contribution in [3.8, 4) is 11.4 Å². The molecule has 2 aromatic carbocycles. The topological polar surface area (TPSA) is 233 Å². The molecule has 0 aliphatic heterocycles. The molecule has 77 heavy (non-hydrogen) atoms. The van der Waals surface area contributed by atoms with Crippen LogP contribution in [0, 0.1) is 41.5 Å². The Hall–Kier alpha value is -7.00. The van der Waals surface area contributed by atoms with E-state index in [0.29, 0.717) is 12.1 Å². The highest BCUT2D eigenvalue weighted by Gasteiger charge is 2.24. The highest BCUT2D eigenvalue weighted by molar-refractivity contribution is 5.49. The lowest BCUT2D eigenvalue weighted by molar-refractivity contribution is -0.725. The van der Waals surface area contributed by atoms with Gasteiger partial charge >= 0.3 is 0 Å². The summed E-state index contributed by atoms with van der Waals surface area (Å²) in [6, 6.07) is 11.7. The molecule has 0 radical (unpaired) electrons. The van der Waals surface area contributed by atoms with Crippen molar-refractivity contribution in [2.45, 2.75) is 184 Å². The number of rotatable bonds is 13. The van der Waals surface area contributed by atoms with E-state index in [4.69, 9.17) is 40.2 Å². The van der Waals surface area contributed by atoms with Crippen LogP contribution in [0.15, 0.2) is 99.1 Å². The third kappa shape index (κ3) is 26.1. The van der Waals surface area contributed by atoms with E-state index in [9.17, 15) is 0 Å². The van der Waals surface area contributed by atoms with Gasteiger partial charge in [-0.15, -0.1) is 0 Å². The molecule has 0 spiro atoms. The molecule has 6 aromatic rings. The summed E-state index contributed by atoms with van der Waals surface area (Å²) in [6.07, 6.45) is 42.8. The van der Waals surface area contributed by atoms with Crippen molar-refractivity contribution in [1.82, 2.24) is 18.3 Å². The lowest BCUT2D eigenvalue weighted by Gasteiger charge is -2.20. The van der Waals surface area contributed by atoms with Crippen molar-refractivity contribution < 1.29 is 78.0 Å². The molecule has 0 saturated heterocycles. The summed E-state index contributed by atoms with van der Waals surface area (Å²) in [5.41, 5.74) is 10.4. The summed E-state index contributed by atoms with van der Waals surface area (Å²) in [7, 11) is 2.04. The van der Waals surface area contributed by atoms with Crippen molar-refractivity contribution in [1.29, 1.82) is 0 Å². The van der Waals surface area contributed by atoms with Gasteiger partial charge in [0.05, 0.1) is 25.7 Å². The molecule has 0 unspecified atom stereocenters. The summed E-state index contributed by atoms with van der Waals surface area (Å²) in [4.78, 5) is 45.0. The van der Waals surface area contributed by atoms with Crippen LogP contribution in [0.25, 0.3) is 11.4 Å². The van der Waals surface area contributed by atoms with E-state index in [1.165, 1.54) is 122 Å². The van der Waals surface area contributed by atoms with Gasteiger partial charge in [0.15, 0.2) is 0 Å². The van der Waals surface area contributed by atoms with Gasteiger partial charge < -0.3 is 40.6 Å². The quantitative estimate of drug-likeness (QED) is 0.0630. The van der Waals surface area contributed by atoms with Gasteiger partial charge in [-0.05, 0) is 149 Å². The molecule has 20 heteroatoms. The number of benzene rings is 2. The maximum atomic E-state index is 8.64. The van der Waals surface area contributed by atoms with Crippen LogP contribution in [-0.2, 0) is 52.3 Å². The minimum absolute atomic E-state index is 0.181. The van der Waals surface area contributed by atoms with Gasteiger partial charge in [-0.25, -0.2) is 36.5 Å². The Labute approximate surface area is 455 Å². The molecule has 2 aliphatic carbocycles. The monoisotopic (exact) mass is 1070 g/mol. The molecule has 426 valence electrons. The molecular weight excluding hydrogens is 989 g/mol. The summed E-state index contributed by atoms with van der Waals surface area (Å²) in [5, 5.41) is 33.7. The van der Waals surface area contributed by atoms with E-state index < -0.39 is 0 Å². The Morgan fingerprint density at radius 1 is 0.597 bits per heavy atom. The fourth-order valence-electron chi connectivity index (χ4n) is 9.32. The molecular formula is C57H86N8O12. The van der Waals surface area contributed by atoms with Crippen LogP contribution >= 0.6 is 0 Å². The second-order valence-electron chi connectivity index (χ2n) is 19.6. The first kappa shape index (κ1) is 68.0. The molecule has 0 atom stereocenters. The van der Waals surface area contributed by atoms with E-state index in [1.54, 1.807) is 0 Å². The molecule has 2 aliphatic rings. The van der Waals surface area contributed by atoms with Crippen LogP contribution < -0.4 is 39.3 Å². The van der Waals surface area contributed by atoms with Crippen LogP contribution in [-0.4, -0.2) is 44.2 Å². The lowest BCUT2D eigenvalue weighted by atomic mass is 9.95. The second kappa shape index (κ2) is 39.4. The molecule has 20 nitrogen and oxygen atoms in total. The number of hydrogen-bond donors (Lipinski definition) is 0. The standard InChI is InChI=1S/C21H25N2.C15H25N2.C9H17N2.C8H15N2.4CH2O3/c1-14-9-16(3)20(17(4)10-14)22-7-8-23(13-22)21-18(5)11-15(2)12-19(21)6;1-3-7-14(8-4-1)16-11-12-17(13-16)15-9-5-2-6-10-15;1-8(2)10-5-6-11(7-10)9(3)4;1-3-4-5-10-7-6-9(2)8-10;4*2-1-4-3/h7-13H,1-6H3;11-15H,1-10H2;5-9H,1-4H3;6-8H,3-5H2,1-2H3;4*1,3H/q4*+1;;;;/p-4. The van der Waals surface area contributed by atoms with Crippen LogP contribution in [0.4, 0.5) is 0 Å². The smallest absolute Gasteiger partial charge is 0.287 e. The number of aryl methyl sites for hydroxylation is 8. The van der Waals surface area contributed by atoms with Gasteiger partial charge in [-0.3, -0.25) is 19.2 Å². The first-order valence-electron chi connectivity index (χ1n) is 26.2. The van der Waals surface area contributed by atoms with E-state index in [-0.39, 0.29) is 25.9 Å². The maximum Gasteiger partial charge on any atom is 0.287 e. The van der Waals surface area contributed by atoms with Crippen molar-refractivity contribution >= 4 is 25.9 Å². The van der Waals surface area contributed by atoms with E-state index in [2.05, 4.69) is 231 Å².